The van der Waals surface area contributed by atoms with Gasteiger partial charge in [-0.1, -0.05) is 12.1 Å². The van der Waals surface area contributed by atoms with E-state index in [1.54, 1.807) is 18.2 Å². The predicted octanol–water partition coefficient (Wildman–Crippen LogP) is 1.09. The molecule has 0 aliphatic heterocycles. The van der Waals surface area contributed by atoms with Crippen molar-refractivity contribution in [2.24, 2.45) is 0 Å². The molecule has 0 aromatic heterocycles. The average Bonchev–Trinajstić information content (AvgIpc) is 2.34. The molecule has 0 saturated heterocycles. The van der Waals surface area contributed by atoms with E-state index in [0.717, 1.165) is 5.56 Å². The van der Waals surface area contributed by atoms with E-state index in [1.807, 2.05) is 13.0 Å². The molecule has 0 aliphatic rings. The lowest BCUT2D eigenvalue weighted by Crippen LogP contribution is -2.37. The SMILES string of the molecule is COC(=O)C(Oc1cccc(C)c1)C(=O)OC. The van der Waals surface area contributed by atoms with Crippen LogP contribution in [0, 0.1) is 6.92 Å². The zero-order valence-corrected chi connectivity index (χ0v) is 9.93. The maximum atomic E-state index is 11.4. The molecule has 0 fully saturated rings. The molecule has 5 nitrogen and oxygen atoms in total. The van der Waals surface area contributed by atoms with Gasteiger partial charge in [0.2, 0.25) is 0 Å². The van der Waals surface area contributed by atoms with Crippen molar-refractivity contribution in [3.8, 4) is 5.75 Å². The van der Waals surface area contributed by atoms with Crippen LogP contribution in [0.25, 0.3) is 0 Å². The molecular formula is C12H14O5. The number of hydrogen-bond donors (Lipinski definition) is 0. The van der Waals surface area contributed by atoms with E-state index in [1.165, 1.54) is 14.2 Å². The Kier molecular flexibility index (Phi) is 4.51. The van der Waals surface area contributed by atoms with Crippen LogP contribution >= 0.6 is 0 Å². The monoisotopic (exact) mass is 238 g/mol. The van der Waals surface area contributed by atoms with Crippen molar-refractivity contribution in [1.29, 1.82) is 0 Å². The van der Waals surface area contributed by atoms with Gasteiger partial charge in [0.15, 0.2) is 0 Å². The molecule has 0 N–H and O–H groups in total. The first-order valence-corrected chi connectivity index (χ1v) is 4.97. The van der Waals surface area contributed by atoms with E-state index in [4.69, 9.17) is 4.74 Å². The average molecular weight is 238 g/mol. The van der Waals surface area contributed by atoms with E-state index in [-0.39, 0.29) is 0 Å². The van der Waals surface area contributed by atoms with Crippen molar-refractivity contribution in [3.05, 3.63) is 29.8 Å². The summed E-state index contributed by atoms with van der Waals surface area (Å²) in [4.78, 5) is 22.7. The molecule has 1 aromatic carbocycles. The Hall–Kier alpha value is -2.04. The maximum Gasteiger partial charge on any atom is 0.359 e. The molecule has 0 heterocycles. The number of methoxy groups -OCH3 is 2. The van der Waals surface area contributed by atoms with E-state index < -0.39 is 18.0 Å². The van der Waals surface area contributed by atoms with Gasteiger partial charge in [-0.2, -0.15) is 0 Å². The zero-order chi connectivity index (χ0) is 12.8. The fourth-order valence-electron chi connectivity index (χ4n) is 1.23. The van der Waals surface area contributed by atoms with Crippen molar-refractivity contribution in [3.63, 3.8) is 0 Å². The van der Waals surface area contributed by atoms with Crippen LogP contribution in [-0.2, 0) is 19.1 Å². The summed E-state index contributed by atoms with van der Waals surface area (Å²) < 4.78 is 14.2. The highest BCUT2D eigenvalue weighted by molar-refractivity contribution is 5.98. The number of benzene rings is 1. The molecule has 0 aliphatic carbocycles. The predicted molar refractivity (Wildman–Crippen MR) is 59.6 cm³/mol. The third kappa shape index (κ3) is 3.48. The van der Waals surface area contributed by atoms with Gasteiger partial charge >= 0.3 is 11.9 Å². The Morgan fingerprint density at radius 3 is 2.18 bits per heavy atom. The van der Waals surface area contributed by atoms with Gasteiger partial charge in [-0.25, -0.2) is 9.59 Å². The summed E-state index contributed by atoms with van der Waals surface area (Å²) in [6.45, 7) is 1.87. The van der Waals surface area contributed by atoms with E-state index in [2.05, 4.69) is 9.47 Å². The van der Waals surface area contributed by atoms with Crippen LogP contribution in [0.5, 0.6) is 5.75 Å². The summed E-state index contributed by atoms with van der Waals surface area (Å²) in [6, 6.07) is 6.99. The smallest absolute Gasteiger partial charge is 0.359 e. The minimum Gasteiger partial charge on any atom is -0.467 e. The molecule has 0 atom stereocenters. The Morgan fingerprint density at radius 1 is 1.12 bits per heavy atom. The number of aryl methyl sites for hydroxylation is 1. The van der Waals surface area contributed by atoms with Crippen molar-refractivity contribution in [2.75, 3.05) is 14.2 Å². The summed E-state index contributed by atoms with van der Waals surface area (Å²) in [7, 11) is 2.36. The van der Waals surface area contributed by atoms with Gasteiger partial charge < -0.3 is 14.2 Å². The Morgan fingerprint density at radius 2 is 1.71 bits per heavy atom. The fourth-order valence-corrected chi connectivity index (χ4v) is 1.23. The molecule has 0 bridgehead atoms. The second-order valence-corrected chi connectivity index (χ2v) is 3.36. The first kappa shape index (κ1) is 13.0. The molecule has 1 rings (SSSR count). The number of carbonyl (C=O) groups excluding carboxylic acids is 2. The van der Waals surface area contributed by atoms with Crippen LogP contribution in [0.1, 0.15) is 5.56 Å². The summed E-state index contributed by atoms with van der Waals surface area (Å²) in [5, 5.41) is 0. The first-order chi connectivity index (χ1) is 8.08. The van der Waals surface area contributed by atoms with Gasteiger partial charge in [-0.05, 0) is 24.6 Å². The zero-order valence-electron chi connectivity index (χ0n) is 9.93. The van der Waals surface area contributed by atoms with Gasteiger partial charge in [0.05, 0.1) is 14.2 Å². The van der Waals surface area contributed by atoms with Gasteiger partial charge in [0.1, 0.15) is 5.75 Å². The lowest BCUT2D eigenvalue weighted by atomic mass is 10.2. The lowest BCUT2D eigenvalue weighted by molar-refractivity contribution is -0.163. The van der Waals surface area contributed by atoms with Crippen LogP contribution in [0.3, 0.4) is 0 Å². The number of rotatable bonds is 4. The molecule has 1 aromatic rings. The highest BCUT2D eigenvalue weighted by atomic mass is 16.6. The molecular weight excluding hydrogens is 224 g/mol. The van der Waals surface area contributed by atoms with Crippen LogP contribution in [-0.4, -0.2) is 32.3 Å². The van der Waals surface area contributed by atoms with Crippen molar-refractivity contribution in [2.45, 2.75) is 13.0 Å². The van der Waals surface area contributed by atoms with Crippen LogP contribution in [0.15, 0.2) is 24.3 Å². The molecule has 17 heavy (non-hydrogen) atoms. The fraction of sp³-hybridized carbons (Fsp3) is 0.333. The normalized spacial score (nSPS) is 9.88. The summed E-state index contributed by atoms with van der Waals surface area (Å²) in [5.41, 5.74) is 0.955. The van der Waals surface area contributed by atoms with Crippen molar-refractivity contribution in [1.82, 2.24) is 0 Å². The van der Waals surface area contributed by atoms with E-state index >= 15 is 0 Å². The molecule has 0 spiro atoms. The highest BCUT2D eigenvalue weighted by Crippen LogP contribution is 2.15. The van der Waals surface area contributed by atoms with Gasteiger partial charge in [-0.3, -0.25) is 0 Å². The lowest BCUT2D eigenvalue weighted by Gasteiger charge is -2.14. The Bertz CT molecular complexity index is 397. The van der Waals surface area contributed by atoms with E-state index in [0.29, 0.717) is 5.75 Å². The summed E-state index contributed by atoms with van der Waals surface area (Å²) >= 11 is 0. The summed E-state index contributed by atoms with van der Waals surface area (Å²) in [6.07, 6.45) is -1.40. The third-order valence-corrected chi connectivity index (χ3v) is 2.07. The second-order valence-electron chi connectivity index (χ2n) is 3.36. The molecule has 0 saturated carbocycles. The first-order valence-electron chi connectivity index (χ1n) is 4.97. The summed E-state index contributed by atoms with van der Waals surface area (Å²) in [5.74, 6) is -1.18. The Labute approximate surface area is 99.3 Å². The van der Waals surface area contributed by atoms with Crippen molar-refractivity contribution < 1.29 is 23.8 Å². The minimum atomic E-state index is -1.40. The molecule has 0 radical (unpaired) electrons. The molecule has 92 valence electrons. The van der Waals surface area contributed by atoms with Gasteiger partial charge in [0.25, 0.3) is 6.10 Å². The largest absolute Gasteiger partial charge is 0.467 e. The second kappa shape index (κ2) is 5.89. The van der Waals surface area contributed by atoms with Crippen molar-refractivity contribution >= 4 is 11.9 Å². The topological polar surface area (TPSA) is 61.8 Å². The van der Waals surface area contributed by atoms with Gasteiger partial charge in [-0.15, -0.1) is 0 Å². The standard InChI is InChI=1S/C12H14O5/c1-8-5-4-6-9(7-8)17-10(11(13)15-2)12(14)16-3/h4-7,10H,1-3H3. The number of ether oxygens (including phenoxy) is 3. The van der Waals surface area contributed by atoms with Crippen LogP contribution < -0.4 is 4.74 Å². The molecule has 5 heteroatoms. The number of carbonyl (C=O) groups is 2. The minimum absolute atomic E-state index is 0.408. The number of esters is 2. The van der Waals surface area contributed by atoms with Crippen LogP contribution in [0.4, 0.5) is 0 Å². The Balaban J connectivity index is 2.86. The van der Waals surface area contributed by atoms with E-state index in [9.17, 15) is 9.59 Å². The highest BCUT2D eigenvalue weighted by Gasteiger charge is 2.30. The maximum absolute atomic E-state index is 11.4. The number of hydrogen-bond acceptors (Lipinski definition) is 5. The van der Waals surface area contributed by atoms with Gasteiger partial charge in [0, 0.05) is 0 Å². The molecule has 0 amide bonds. The molecule has 0 unspecified atom stereocenters. The van der Waals surface area contributed by atoms with Crippen LogP contribution in [0.2, 0.25) is 0 Å². The third-order valence-electron chi connectivity index (χ3n) is 2.07. The quantitative estimate of drug-likeness (QED) is 0.580.